The van der Waals surface area contributed by atoms with Crippen LogP contribution < -0.4 is 5.32 Å². The Labute approximate surface area is 189 Å². The number of amides is 2. The van der Waals surface area contributed by atoms with E-state index in [1.807, 2.05) is 18.0 Å². The zero-order valence-corrected chi connectivity index (χ0v) is 18.7. The number of aromatic hydroxyl groups is 1. The molecule has 1 heterocycles. The summed E-state index contributed by atoms with van der Waals surface area (Å²) in [5.74, 6) is 1.08. The van der Waals surface area contributed by atoms with Gasteiger partial charge in [-0.1, -0.05) is 13.0 Å². The van der Waals surface area contributed by atoms with Crippen molar-refractivity contribution in [3.63, 3.8) is 0 Å². The minimum Gasteiger partial charge on any atom is -0.508 e. The number of fused-ring (bicyclic) bond motifs is 4. The number of benzene rings is 2. The second-order valence-electron chi connectivity index (χ2n) is 9.89. The number of piperidine rings is 1. The molecule has 1 aliphatic heterocycles. The molecule has 2 aromatic carbocycles. The van der Waals surface area contributed by atoms with Crippen molar-refractivity contribution in [2.45, 2.75) is 50.1 Å². The highest BCUT2D eigenvalue weighted by atomic mass is 16.3. The number of hydrogen-bond acceptors (Lipinski definition) is 4. The SMILES string of the molecule is CN(C(=O)Nc1ccc(C#N)cc1)[C@H]1C2Cc3ccc(O)cc3[C@@]1(C)CCN2CC1CC1. The van der Waals surface area contributed by atoms with E-state index < -0.39 is 0 Å². The number of phenolic OH excluding ortho intramolecular Hbond substituents is 1. The van der Waals surface area contributed by atoms with Crippen LogP contribution in [0.5, 0.6) is 5.75 Å². The summed E-state index contributed by atoms with van der Waals surface area (Å²) in [7, 11) is 1.89. The van der Waals surface area contributed by atoms with Crippen LogP contribution in [0, 0.1) is 17.2 Å². The van der Waals surface area contributed by atoms with Crippen molar-refractivity contribution >= 4 is 11.7 Å². The molecular formula is C26H30N4O2. The molecule has 2 bridgehead atoms. The van der Waals surface area contributed by atoms with Gasteiger partial charge in [0.05, 0.1) is 17.7 Å². The summed E-state index contributed by atoms with van der Waals surface area (Å²) in [6.07, 6.45) is 4.46. The van der Waals surface area contributed by atoms with Crippen LogP contribution in [0.4, 0.5) is 10.5 Å². The Bertz CT molecular complexity index is 1070. The van der Waals surface area contributed by atoms with E-state index in [-0.39, 0.29) is 29.3 Å². The summed E-state index contributed by atoms with van der Waals surface area (Å²) < 4.78 is 0. The first kappa shape index (κ1) is 20.8. The molecule has 6 nitrogen and oxygen atoms in total. The van der Waals surface area contributed by atoms with Crippen LogP contribution in [-0.2, 0) is 11.8 Å². The van der Waals surface area contributed by atoms with Crippen molar-refractivity contribution in [2.75, 3.05) is 25.5 Å². The van der Waals surface area contributed by atoms with Crippen LogP contribution in [0.3, 0.4) is 0 Å². The first-order valence-corrected chi connectivity index (χ1v) is 11.5. The molecule has 0 spiro atoms. The second-order valence-corrected chi connectivity index (χ2v) is 9.89. The average molecular weight is 431 g/mol. The predicted octanol–water partition coefficient (Wildman–Crippen LogP) is 4.09. The molecule has 6 heteroatoms. The van der Waals surface area contributed by atoms with Crippen molar-refractivity contribution in [2.24, 2.45) is 5.92 Å². The minimum absolute atomic E-state index is 0.00248. The molecule has 3 aliphatic rings. The van der Waals surface area contributed by atoms with Crippen LogP contribution >= 0.6 is 0 Å². The molecule has 5 rings (SSSR count). The van der Waals surface area contributed by atoms with Crippen LogP contribution in [0.1, 0.15) is 42.9 Å². The standard InChI is InChI=1S/C26H30N4O2/c1-26-11-12-30(16-18-3-4-18)23(13-19-7-10-21(31)14-22(19)26)24(26)29(2)25(32)28-20-8-5-17(15-27)6-9-20/h5-10,14,18,23-24,31H,3-4,11-13,16H2,1-2H3,(H,28,32)/t23?,24-,26+/m0/s1. The van der Waals surface area contributed by atoms with Gasteiger partial charge in [-0.25, -0.2) is 4.79 Å². The zero-order valence-electron chi connectivity index (χ0n) is 18.7. The Hall–Kier alpha value is -3.04. The molecule has 3 atom stereocenters. The molecule has 1 saturated carbocycles. The van der Waals surface area contributed by atoms with E-state index in [0.717, 1.165) is 31.8 Å². The Morgan fingerprint density at radius 2 is 2.03 bits per heavy atom. The van der Waals surface area contributed by atoms with Gasteiger partial charge in [0.2, 0.25) is 0 Å². The molecule has 2 fully saturated rings. The van der Waals surface area contributed by atoms with Gasteiger partial charge in [-0.05, 0) is 85.7 Å². The Morgan fingerprint density at radius 3 is 2.72 bits per heavy atom. The van der Waals surface area contributed by atoms with E-state index in [1.165, 1.54) is 24.0 Å². The largest absolute Gasteiger partial charge is 0.508 e. The van der Waals surface area contributed by atoms with Gasteiger partial charge in [-0.3, -0.25) is 4.90 Å². The number of nitrogens with one attached hydrogen (secondary N) is 1. The summed E-state index contributed by atoms with van der Waals surface area (Å²) >= 11 is 0. The number of likely N-dealkylation sites (tertiary alicyclic amines) is 1. The third-order valence-electron chi connectivity index (χ3n) is 7.73. The van der Waals surface area contributed by atoms with Gasteiger partial charge in [0.25, 0.3) is 0 Å². The van der Waals surface area contributed by atoms with Crippen LogP contribution in [0.25, 0.3) is 0 Å². The lowest BCUT2D eigenvalue weighted by atomic mass is 9.61. The maximum atomic E-state index is 13.3. The molecule has 2 aliphatic carbocycles. The number of carbonyl (C=O) groups is 1. The van der Waals surface area contributed by atoms with Crippen molar-refractivity contribution in [1.29, 1.82) is 5.26 Å². The molecule has 0 radical (unpaired) electrons. The smallest absolute Gasteiger partial charge is 0.321 e. The number of carbonyl (C=O) groups excluding carboxylic acids is 1. The number of nitrogens with zero attached hydrogens (tertiary/aromatic N) is 3. The Morgan fingerprint density at radius 1 is 1.28 bits per heavy atom. The molecular weight excluding hydrogens is 400 g/mol. The maximum absolute atomic E-state index is 13.3. The maximum Gasteiger partial charge on any atom is 0.321 e. The molecule has 1 unspecified atom stereocenters. The van der Waals surface area contributed by atoms with Crippen molar-refractivity contribution < 1.29 is 9.90 Å². The van der Waals surface area contributed by atoms with Gasteiger partial charge in [0.1, 0.15) is 5.75 Å². The number of likely N-dealkylation sites (N-methyl/N-ethyl adjacent to an activating group) is 1. The lowest BCUT2D eigenvalue weighted by molar-refractivity contribution is 0.00456. The van der Waals surface area contributed by atoms with Gasteiger partial charge < -0.3 is 15.3 Å². The van der Waals surface area contributed by atoms with Crippen LogP contribution in [0.15, 0.2) is 42.5 Å². The molecule has 1 saturated heterocycles. The third-order valence-corrected chi connectivity index (χ3v) is 7.73. The van der Waals surface area contributed by atoms with Crippen molar-refractivity contribution in [3.8, 4) is 11.8 Å². The Kier molecular flexibility index (Phi) is 5.10. The van der Waals surface area contributed by atoms with E-state index in [9.17, 15) is 9.90 Å². The number of phenols is 1. The fraction of sp³-hybridized carbons (Fsp3) is 0.462. The number of hydrogen-bond donors (Lipinski definition) is 2. The van der Waals surface area contributed by atoms with E-state index in [2.05, 4.69) is 29.3 Å². The highest BCUT2D eigenvalue weighted by molar-refractivity contribution is 5.89. The number of nitriles is 1. The number of rotatable bonds is 4. The third kappa shape index (κ3) is 3.61. The highest BCUT2D eigenvalue weighted by Gasteiger charge is 2.53. The van der Waals surface area contributed by atoms with E-state index in [1.54, 1.807) is 30.3 Å². The fourth-order valence-electron chi connectivity index (χ4n) is 5.86. The zero-order chi connectivity index (χ0) is 22.5. The minimum atomic E-state index is -0.228. The Balaban J connectivity index is 1.46. The van der Waals surface area contributed by atoms with Gasteiger partial charge in [0, 0.05) is 30.7 Å². The van der Waals surface area contributed by atoms with Gasteiger partial charge >= 0.3 is 6.03 Å². The summed E-state index contributed by atoms with van der Waals surface area (Å²) in [5.41, 5.74) is 3.47. The van der Waals surface area contributed by atoms with Crippen molar-refractivity contribution in [1.82, 2.24) is 9.80 Å². The van der Waals surface area contributed by atoms with Gasteiger partial charge in [0.15, 0.2) is 0 Å². The van der Waals surface area contributed by atoms with Crippen LogP contribution in [0.2, 0.25) is 0 Å². The first-order chi connectivity index (χ1) is 15.4. The topological polar surface area (TPSA) is 79.6 Å². The molecule has 0 aromatic heterocycles. The van der Waals surface area contributed by atoms with E-state index in [0.29, 0.717) is 11.3 Å². The van der Waals surface area contributed by atoms with E-state index in [4.69, 9.17) is 5.26 Å². The molecule has 2 amide bonds. The summed E-state index contributed by atoms with van der Waals surface area (Å²) in [4.78, 5) is 17.8. The first-order valence-electron chi connectivity index (χ1n) is 11.5. The molecule has 2 N–H and O–H groups in total. The summed E-state index contributed by atoms with van der Waals surface area (Å²) in [5, 5.41) is 22.2. The molecule has 32 heavy (non-hydrogen) atoms. The summed E-state index contributed by atoms with van der Waals surface area (Å²) in [6, 6.07) is 14.9. The quantitative estimate of drug-likeness (QED) is 0.766. The lowest BCUT2D eigenvalue weighted by Crippen LogP contribution is -2.68. The molecule has 166 valence electrons. The normalized spacial score (nSPS) is 26.7. The fourth-order valence-corrected chi connectivity index (χ4v) is 5.86. The monoisotopic (exact) mass is 430 g/mol. The average Bonchev–Trinajstić information content (AvgIpc) is 3.60. The van der Waals surface area contributed by atoms with E-state index >= 15 is 0 Å². The van der Waals surface area contributed by atoms with Crippen molar-refractivity contribution in [3.05, 3.63) is 59.2 Å². The number of anilines is 1. The van der Waals surface area contributed by atoms with Crippen LogP contribution in [-0.4, -0.2) is 53.2 Å². The molecule has 2 aromatic rings. The van der Waals surface area contributed by atoms with Gasteiger partial charge in [-0.2, -0.15) is 5.26 Å². The summed E-state index contributed by atoms with van der Waals surface area (Å²) in [6.45, 7) is 4.38. The second kappa shape index (κ2) is 7.83. The van der Waals surface area contributed by atoms with Gasteiger partial charge in [-0.15, -0.1) is 0 Å². The lowest BCUT2D eigenvalue weighted by Gasteiger charge is -2.58. The highest BCUT2D eigenvalue weighted by Crippen LogP contribution is 2.48. The number of urea groups is 1. The predicted molar refractivity (Wildman–Crippen MR) is 124 cm³/mol.